The minimum atomic E-state index is -0.839. The molecule has 156 valence electrons. The number of anilines is 2. The van der Waals surface area contributed by atoms with Crippen LogP contribution < -0.4 is 10.2 Å². The van der Waals surface area contributed by atoms with Gasteiger partial charge in [0.1, 0.15) is 11.5 Å². The summed E-state index contributed by atoms with van der Waals surface area (Å²) in [5.41, 5.74) is 0.866. The summed E-state index contributed by atoms with van der Waals surface area (Å²) in [6, 6.07) is 9.95. The number of benzene rings is 2. The zero-order valence-corrected chi connectivity index (χ0v) is 16.0. The van der Waals surface area contributed by atoms with Gasteiger partial charge in [-0.1, -0.05) is 17.7 Å². The lowest BCUT2D eigenvalue weighted by atomic mass is 10.1. The smallest absolute Gasteiger partial charge is 0.311 e. The van der Waals surface area contributed by atoms with Gasteiger partial charge in [-0.2, -0.15) is 0 Å². The first-order valence-corrected chi connectivity index (χ1v) is 9.02. The zero-order valence-electron chi connectivity index (χ0n) is 16.0. The Kier molecular flexibility index (Phi) is 6.05. The van der Waals surface area contributed by atoms with Gasteiger partial charge in [0.15, 0.2) is 6.61 Å². The third-order valence-corrected chi connectivity index (χ3v) is 4.58. The standard InChI is InChI=1S/C20H18FN3O6/c1-12-2-5-15(6-3-12)23-10-13(8-19(23)26)20(27)30-11-18(25)22-16-7-4-14(21)9-17(16)24(28)29/h2-7,9,13H,8,10-11H2,1H3,(H,22,25)/t13-/m1/s1. The van der Waals surface area contributed by atoms with Crippen LogP contribution in [-0.4, -0.2) is 35.9 Å². The summed E-state index contributed by atoms with van der Waals surface area (Å²) in [5, 5.41) is 13.2. The van der Waals surface area contributed by atoms with E-state index in [-0.39, 0.29) is 24.6 Å². The highest BCUT2D eigenvalue weighted by molar-refractivity contribution is 6.00. The molecule has 1 saturated heterocycles. The SMILES string of the molecule is Cc1ccc(N2C[C@H](C(=O)OCC(=O)Nc3ccc(F)cc3[N+](=O)[O-])CC2=O)cc1. The van der Waals surface area contributed by atoms with Crippen LogP contribution >= 0.6 is 0 Å². The Labute approximate surface area is 170 Å². The molecule has 1 aliphatic heterocycles. The van der Waals surface area contributed by atoms with E-state index in [2.05, 4.69) is 5.32 Å². The lowest BCUT2D eigenvalue weighted by molar-refractivity contribution is -0.384. The van der Waals surface area contributed by atoms with Crippen molar-refractivity contribution in [1.82, 2.24) is 0 Å². The molecule has 0 spiro atoms. The second-order valence-corrected chi connectivity index (χ2v) is 6.82. The molecule has 10 heteroatoms. The average Bonchev–Trinajstić information content (AvgIpc) is 3.09. The van der Waals surface area contributed by atoms with E-state index in [9.17, 15) is 28.9 Å². The summed E-state index contributed by atoms with van der Waals surface area (Å²) in [6.45, 7) is 1.36. The van der Waals surface area contributed by atoms with Gasteiger partial charge < -0.3 is 15.0 Å². The number of carbonyl (C=O) groups is 3. The van der Waals surface area contributed by atoms with Gasteiger partial charge in [0, 0.05) is 18.7 Å². The van der Waals surface area contributed by atoms with E-state index in [0.717, 1.165) is 17.7 Å². The van der Waals surface area contributed by atoms with Gasteiger partial charge in [-0.25, -0.2) is 4.39 Å². The summed E-state index contributed by atoms with van der Waals surface area (Å²) < 4.78 is 18.1. The molecular weight excluding hydrogens is 397 g/mol. The van der Waals surface area contributed by atoms with Gasteiger partial charge in [-0.05, 0) is 31.2 Å². The molecule has 0 radical (unpaired) electrons. The number of hydrogen-bond donors (Lipinski definition) is 1. The van der Waals surface area contributed by atoms with Crippen molar-refractivity contribution >= 4 is 34.8 Å². The second-order valence-electron chi connectivity index (χ2n) is 6.82. The van der Waals surface area contributed by atoms with Crippen LogP contribution in [0.25, 0.3) is 0 Å². The Morgan fingerprint density at radius 1 is 1.27 bits per heavy atom. The van der Waals surface area contributed by atoms with Crippen molar-refractivity contribution in [3.63, 3.8) is 0 Å². The molecule has 0 aromatic heterocycles. The molecule has 1 N–H and O–H groups in total. The van der Waals surface area contributed by atoms with Gasteiger partial charge in [0.05, 0.1) is 16.9 Å². The number of hydrogen-bond acceptors (Lipinski definition) is 6. The number of nitro benzene ring substituents is 1. The maximum atomic E-state index is 13.2. The molecule has 2 aromatic carbocycles. The van der Waals surface area contributed by atoms with Crippen molar-refractivity contribution in [2.75, 3.05) is 23.4 Å². The van der Waals surface area contributed by atoms with Crippen LogP contribution in [0.3, 0.4) is 0 Å². The molecule has 30 heavy (non-hydrogen) atoms. The minimum absolute atomic E-state index is 0.0439. The molecule has 1 aliphatic rings. The molecule has 1 fully saturated rings. The highest BCUT2D eigenvalue weighted by Crippen LogP contribution is 2.27. The maximum Gasteiger partial charge on any atom is 0.311 e. The molecule has 9 nitrogen and oxygen atoms in total. The van der Waals surface area contributed by atoms with Crippen LogP contribution in [0, 0.1) is 28.8 Å². The predicted molar refractivity (Wildman–Crippen MR) is 104 cm³/mol. The van der Waals surface area contributed by atoms with Crippen molar-refractivity contribution in [3.05, 3.63) is 64.0 Å². The molecule has 0 aliphatic carbocycles. The Hall–Kier alpha value is -3.82. The van der Waals surface area contributed by atoms with E-state index in [1.165, 1.54) is 4.90 Å². The van der Waals surface area contributed by atoms with E-state index in [1.807, 2.05) is 19.1 Å². The topological polar surface area (TPSA) is 119 Å². The van der Waals surface area contributed by atoms with Crippen molar-refractivity contribution in [3.8, 4) is 0 Å². The second kappa shape index (κ2) is 8.68. The number of amides is 2. The Morgan fingerprint density at radius 3 is 2.63 bits per heavy atom. The quantitative estimate of drug-likeness (QED) is 0.440. The normalized spacial score (nSPS) is 15.7. The summed E-state index contributed by atoms with van der Waals surface area (Å²) in [4.78, 5) is 48.1. The molecule has 0 saturated carbocycles. The first-order valence-electron chi connectivity index (χ1n) is 9.02. The van der Waals surface area contributed by atoms with Crippen LogP contribution in [-0.2, 0) is 19.1 Å². The Balaban J connectivity index is 1.56. The summed E-state index contributed by atoms with van der Waals surface area (Å²) >= 11 is 0. The number of carbonyl (C=O) groups excluding carboxylic acids is 3. The highest BCUT2D eigenvalue weighted by Gasteiger charge is 2.36. The van der Waals surface area contributed by atoms with Gasteiger partial charge in [0.25, 0.3) is 11.6 Å². The van der Waals surface area contributed by atoms with E-state index in [4.69, 9.17) is 4.74 Å². The fraction of sp³-hybridized carbons (Fsp3) is 0.250. The number of nitrogens with zero attached hydrogens (tertiary/aromatic N) is 2. The van der Waals surface area contributed by atoms with Crippen LogP contribution in [0.5, 0.6) is 0 Å². The van der Waals surface area contributed by atoms with Crippen LogP contribution in [0.15, 0.2) is 42.5 Å². The van der Waals surface area contributed by atoms with Crippen LogP contribution in [0.1, 0.15) is 12.0 Å². The number of esters is 1. The van der Waals surface area contributed by atoms with Crippen molar-refractivity contribution < 1.29 is 28.4 Å². The van der Waals surface area contributed by atoms with Gasteiger partial charge in [0.2, 0.25) is 5.91 Å². The van der Waals surface area contributed by atoms with E-state index in [0.29, 0.717) is 11.8 Å². The van der Waals surface area contributed by atoms with Crippen molar-refractivity contribution in [1.29, 1.82) is 0 Å². The number of ether oxygens (including phenoxy) is 1. The fourth-order valence-electron chi connectivity index (χ4n) is 3.04. The molecule has 2 aromatic rings. The average molecular weight is 415 g/mol. The third kappa shape index (κ3) is 4.77. The summed E-state index contributed by atoms with van der Waals surface area (Å²) in [5.74, 6) is -3.33. The number of aryl methyl sites for hydroxylation is 1. The first-order chi connectivity index (χ1) is 14.2. The van der Waals surface area contributed by atoms with E-state index >= 15 is 0 Å². The number of halogens is 1. The molecular formula is C20H18FN3O6. The first kappa shape index (κ1) is 20.9. The predicted octanol–water partition coefficient (Wildman–Crippen LogP) is 2.58. The summed E-state index contributed by atoms with van der Waals surface area (Å²) in [7, 11) is 0. The van der Waals surface area contributed by atoms with Crippen molar-refractivity contribution in [2.45, 2.75) is 13.3 Å². The highest BCUT2D eigenvalue weighted by atomic mass is 19.1. The maximum absolute atomic E-state index is 13.2. The molecule has 0 unspecified atom stereocenters. The molecule has 3 rings (SSSR count). The monoisotopic (exact) mass is 415 g/mol. The Bertz CT molecular complexity index is 1010. The molecule has 1 heterocycles. The molecule has 1 atom stereocenters. The zero-order chi connectivity index (χ0) is 21.8. The third-order valence-electron chi connectivity index (χ3n) is 4.58. The van der Waals surface area contributed by atoms with Gasteiger partial charge >= 0.3 is 5.97 Å². The number of nitrogens with one attached hydrogen (secondary N) is 1. The fourth-order valence-corrected chi connectivity index (χ4v) is 3.04. The molecule has 2 amide bonds. The number of nitro groups is 1. The summed E-state index contributed by atoms with van der Waals surface area (Å²) in [6.07, 6.45) is -0.0439. The molecule has 0 bridgehead atoms. The lowest BCUT2D eigenvalue weighted by Gasteiger charge is -2.16. The van der Waals surface area contributed by atoms with E-state index in [1.54, 1.807) is 12.1 Å². The lowest BCUT2D eigenvalue weighted by Crippen LogP contribution is -2.28. The van der Waals surface area contributed by atoms with Crippen LogP contribution in [0.2, 0.25) is 0 Å². The van der Waals surface area contributed by atoms with Gasteiger partial charge in [-0.15, -0.1) is 0 Å². The van der Waals surface area contributed by atoms with Crippen molar-refractivity contribution in [2.24, 2.45) is 5.92 Å². The van der Waals surface area contributed by atoms with Crippen LogP contribution in [0.4, 0.5) is 21.5 Å². The largest absolute Gasteiger partial charge is 0.455 e. The number of rotatable bonds is 6. The minimum Gasteiger partial charge on any atom is -0.455 e. The van der Waals surface area contributed by atoms with Gasteiger partial charge in [-0.3, -0.25) is 24.5 Å². The van der Waals surface area contributed by atoms with E-state index < -0.39 is 40.8 Å². The Morgan fingerprint density at radius 2 is 1.97 bits per heavy atom.